The van der Waals surface area contributed by atoms with Crippen molar-refractivity contribution in [2.45, 2.75) is 13.0 Å². The van der Waals surface area contributed by atoms with Gasteiger partial charge in [0.25, 0.3) is 0 Å². The summed E-state index contributed by atoms with van der Waals surface area (Å²) in [6.07, 6.45) is 0.864. The van der Waals surface area contributed by atoms with Gasteiger partial charge in [-0.1, -0.05) is 11.6 Å². The highest BCUT2D eigenvalue weighted by Crippen LogP contribution is 2.37. The van der Waals surface area contributed by atoms with Crippen LogP contribution in [0.2, 0.25) is 5.02 Å². The highest BCUT2D eigenvalue weighted by molar-refractivity contribution is 7.80. The Bertz CT molecular complexity index is 454. The van der Waals surface area contributed by atoms with E-state index in [0.29, 0.717) is 41.4 Å². The van der Waals surface area contributed by atoms with E-state index in [2.05, 4.69) is 10.6 Å². The number of fused-ring (bicyclic) bond motifs is 1. The Balaban J connectivity index is 2.15. The van der Waals surface area contributed by atoms with E-state index in [0.717, 1.165) is 12.0 Å². The largest absolute Gasteiger partial charge is 0.489 e. The standard InChI is InChI=1S/C12H15ClN2O2S/c1-14-12(18)15-7-8-5-9(13)11-10(6-8)16-3-2-4-17-11/h5-6H,2-4,7H2,1H3,(H2,14,15,18). The molecule has 0 saturated carbocycles. The van der Waals surface area contributed by atoms with Gasteiger partial charge in [0, 0.05) is 20.0 Å². The van der Waals surface area contributed by atoms with Crippen LogP contribution in [0.15, 0.2) is 12.1 Å². The molecule has 0 fully saturated rings. The molecule has 2 rings (SSSR count). The minimum Gasteiger partial charge on any atom is -0.489 e. The molecule has 4 nitrogen and oxygen atoms in total. The van der Waals surface area contributed by atoms with Crippen molar-refractivity contribution in [1.82, 2.24) is 10.6 Å². The fourth-order valence-electron chi connectivity index (χ4n) is 1.66. The fraction of sp³-hybridized carbons (Fsp3) is 0.417. The van der Waals surface area contributed by atoms with E-state index in [1.54, 1.807) is 7.05 Å². The maximum absolute atomic E-state index is 6.19. The molecule has 1 aliphatic rings. The quantitative estimate of drug-likeness (QED) is 0.815. The molecule has 6 heteroatoms. The van der Waals surface area contributed by atoms with Gasteiger partial charge in [0.15, 0.2) is 16.6 Å². The van der Waals surface area contributed by atoms with Crippen LogP contribution in [-0.2, 0) is 6.54 Å². The molecule has 0 saturated heterocycles. The molecule has 0 amide bonds. The summed E-state index contributed by atoms with van der Waals surface area (Å²) in [5.41, 5.74) is 1.00. The minimum absolute atomic E-state index is 0.571. The van der Waals surface area contributed by atoms with Crippen molar-refractivity contribution in [3.8, 4) is 11.5 Å². The van der Waals surface area contributed by atoms with Gasteiger partial charge in [0.05, 0.1) is 18.2 Å². The van der Waals surface area contributed by atoms with Gasteiger partial charge in [-0.05, 0) is 29.9 Å². The van der Waals surface area contributed by atoms with Crippen molar-refractivity contribution in [2.24, 2.45) is 0 Å². The van der Waals surface area contributed by atoms with Crippen LogP contribution >= 0.6 is 23.8 Å². The highest BCUT2D eigenvalue weighted by Gasteiger charge is 2.15. The Kier molecular flexibility index (Phi) is 4.49. The van der Waals surface area contributed by atoms with E-state index in [1.807, 2.05) is 12.1 Å². The second kappa shape index (κ2) is 6.11. The first-order chi connectivity index (χ1) is 8.70. The van der Waals surface area contributed by atoms with E-state index in [1.165, 1.54) is 0 Å². The summed E-state index contributed by atoms with van der Waals surface area (Å²) in [4.78, 5) is 0. The number of thiocarbonyl (C=S) groups is 1. The third kappa shape index (κ3) is 3.17. The van der Waals surface area contributed by atoms with Crippen LogP contribution in [0.25, 0.3) is 0 Å². The number of hydrogen-bond acceptors (Lipinski definition) is 3. The normalized spacial score (nSPS) is 13.7. The number of ether oxygens (including phenoxy) is 2. The van der Waals surface area contributed by atoms with Gasteiger partial charge in [-0.15, -0.1) is 0 Å². The van der Waals surface area contributed by atoms with Crippen molar-refractivity contribution in [3.05, 3.63) is 22.7 Å². The van der Waals surface area contributed by atoms with Gasteiger partial charge < -0.3 is 20.1 Å². The topological polar surface area (TPSA) is 42.5 Å². The average molecular weight is 287 g/mol. The van der Waals surface area contributed by atoms with E-state index < -0.39 is 0 Å². The smallest absolute Gasteiger partial charge is 0.179 e. The molecule has 1 aromatic rings. The van der Waals surface area contributed by atoms with Gasteiger partial charge in [0.2, 0.25) is 0 Å². The lowest BCUT2D eigenvalue weighted by Gasteiger charge is -2.12. The molecular formula is C12H15ClN2O2S. The Labute approximate surface area is 117 Å². The monoisotopic (exact) mass is 286 g/mol. The Hall–Kier alpha value is -1.20. The predicted octanol–water partition coefficient (Wildman–Crippen LogP) is 2.10. The molecule has 0 bridgehead atoms. The minimum atomic E-state index is 0.571. The third-order valence-corrected chi connectivity index (χ3v) is 3.17. The second-order valence-electron chi connectivity index (χ2n) is 3.89. The van der Waals surface area contributed by atoms with Crippen molar-refractivity contribution in [2.75, 3.05) is 20.3 Å². The molecule has 2 N–H and O–H groups in total. The predicted molar refractivity (Wildman–Crippen MR) is 75.6 cm³/mol. The maximum Gasteiger partial charge on any atom is 0.179 e. The first kappa shape index (κ1) is 13.2. The Morgan fingerprint density at radius 2 is 2.17 bits per heavy atom. The number of hydrogen-bond donors (Lipinski definition) is 2. The van der Waals surface area contributed by atoms with E-state index in [-0.39, 0.29) is 0 Å². The highest BCUT2D eigenvalue weighted by atomic mass is 35.5. The molecule has 1 aliphatic heterocycles. The van der Waals surface area contributed by atoms with Crippen molar-refractivity contribution < 1.29 is 9.47 Å². The summed E-state index contributed by atoms with van der Waals surface area (Å²) in [6.45, 7) is 1.87. The molecule has 0 spiro atoms. The summed E-state index contributed by atoms with van der Waals surface area (Å²) in [5, 5.41) is 7.08. The van der Waals surface area contributed by atoms with Crippen molar-refractivity contribution in [1.29, 1.82) is 0 Å². The van der Waals surface area contributed by atoms with Crippen LogP contribution in [0.5, 0.6) is 11.5 Å². The Morgan fingerprint density at radius 1 is 1.39 bits per heavy atom. The lowest BCUT2D eigenvalue weighted by molar-refractivity contribution is 0.297. The van der Waals surface area contributed by atoms with Crippen LogP contribution in [0.1, 0.15) is 12.0 Å². The van der Waals surface area contributed by atoms with E-state index in [9.17, 15) is 0 Å². The van der Waals surface area contributed by atoms with Crippen LogP contribution in [0, 0.1) is 0 Å². The zero-order valence-corrected chi connectivity index (χ0v) is 11.7. The summed E-state index contributed by atoms with van der Waals surface area (Å²) < 4.78 is 11.2. The van der Waals surface area contributed by atoms with Crippen molar-refractivity contribution in [3.63, 3.8) is 0 Å². The lowest BCUT2D eigenvalue weighted by atomic mass is 10.2. The summed E-state index contributed by atoms with van der Waals surface area (Å²) >= 11 is 11.2. The third-order valence-electron chi connectivity index (χ3n) is 2.54. The molecule has 0 aliphatic carbocycles. The van der Waals surface area contributed by atoms with Crippen LogP contribution < -0.4 is 20.1 Å². The number of halogens is 1. The lowest BCUT2D eigenvalue weighted by Crippen LogP contribution is -2.31. The average Bonchev–Trinajstić information content (AvgIpc) is 2.61. The van der Waals surface area contributed by atoms with Crippen molar-refractivity contribution >= 4 is 28.9 Å². The molecule has 0 unspecified atom stereocenters. The van der Waals surface area contributed by atoms with Gasteiger partial charge in [0.1, 0.15) is 0 Å². The van der Waals surface area contributed by atoms with Gasteiger partial charge in [-0.2, -0.15) is 0 Å². The van der Waals surface area contributed by atoms with Crippen LogP contribution in [-0.4, -0.2) is 25.4 Å². The van der Waals surface area contributed by atoms with E-state index in [4.69, 9.17) is 33.3 Å². The zero-order valence-electron chi connectivity index (χ0n) is 10.1. The van der Waals surface area contributed by atoms with Crippen LogP contribution in [0.3, 0.4) is 0 Å². The molecule has 1 aromatic carbocycles. The fourth-order valence-corrected chi connectivity index (χ4v) is 2.02. The van der Waals surface area contributed by atoms with Gasteiger partial charge in [-0.25, -0.2) is 0 Å². The summed E-state index contributed by atoms with van der Waals surface area (Å²) in [7, 11) is 1.77. The molecule has 0 aromatic heterocycles. The SMILES string of the molecule is CNC(=S)NCc1cc(Cl)c2c(c1)OCCCO2. The number of rotatable bonds is 2. The first-order valence-corrected chi connectivity index (χ1v) is 6.53. The van der Waals surface area contributed by atoms with Crippen LogP contribution in [0.4, 0.5) is 0 Å². The Morgan fingerprint density at radius 3 is 2.94 bits per heavy atom. The molecule has 98 valence electrons. The maximum atomic E-state index is 6.19. The first-order valence-electron chi connectivity index (χ1n) is 5.74. The van der Waals surface area contributed by atoms with Gasteiger partial charge in [-0.3, -0.25) is 0 Å². The molecule has 1 heterocycles. The zero-order chi connectivity index (χ0) is 13.0. The van der Waals surface area contributed by atoms with Gasteiger partial charge >= 0.3 is 0 Å². The molecular weight excluding hydrogens is 272 g/mol. The summed E-state index contributed by atoms with van der Waals surface area (Å²) in [6, 6.07) is 3.79. The molecule has 0 atom stereocenters. The number of nitrogens with one attached hydrogen (secondary N) is 2. The molecule has 0 radical (unpaired) electrons. The second-order valence-corrected chi connectivity index (χ2v) is 4.70. The van der Waals surface area contributed by atoms with E-state index >= 15 is 0 Å². The number of benzene rings is 1. The molecule has 18 heavy (non-hydrogen) atoms. The summed E-state index contributed by atoms with van der Waals surface area (Å²) in [5.74, 6) is 1.33.